The summed E-state index contributed by atoms with van der Waals surface area (Å²) in [6, 6.07) is 0. The van der Waals surface area contributed by atoms with Crippen LogP contribution in [0.5, 0.6) is 0 Å². The zero-order valence-electron chi connectivity index (χ0n) is 10.8. The summed E-state index contributed by atoms with van der Waals surface area (Å²) in [6.07, 6.45) is 1.70. The van der Waals surface area contributed by atoms with Gasteiger partial charge < -0.3 is 5.32 Å². The lowest BCUT2D eigenvalue weighted by Gasteiger charge is -2.06. The number of amides is 1. The SMILES string of the molecule is CNC(=O)c1ncn2c(C)c(C)c(C)[n+](C)c12. The Hall–Kier alpha value is -1.91. The van der Waals surface area contributed by atoms with E-state index in [0.717, 1.165) is 17.0 Å². The molecule has 5 heteroatoms. The molecule has 0 bridgehead atoms. The minimum atomic E-state index is -0.161. The van der Waals surface area contributed by atoms with E-state index in [1.807, 2.05) is 29.9 Å². The third kappa shape index (κ3) is 1.50. The average Bonchev–Trinajstić information content (AvgIpc) is 2.77. The molecule has 0 saturated heterocycles. The quantitative estimate of drug-likeness (QED) is 0.727. The largest absolute Gasteiger partial charge is 0.353 e. The summed E-state index contributed by atoms with van der Waals surface area (Å²) >= 11 is 0. The highest BCUT2D eigenvalue weighted by atomic mass is 16.1. The fourth-order valence-electron chi connectivity index (χ4n) is 2.04. The zero-order valence-corrected chi connectivity index (χ0v) is 10.8. The van der Waals surface area contributed by atoms with Gasteiger partial charge >= 0.3 is 5.65 Å². The number of nitrogens with zero attached hydrogens (tertiary/aromatic N) is 3. The van der Waals surface area contributed by atoms with Crippen LogP contribution in [0, 0.1) is 20.8 Å². The summed E-state index contributed by atoms with van der Waals surface area (Å²) < 4.78 is 3.95. The van der Waals surface area contributed by atoms with E-state index in [4.69, 9.17) is 0 Å². The van der Waals surface area contributed by atoms with Gasteiger partial charge in [-0.2, -0.15) is 4.40 Å². The molecule has 2 rings (SSSR count). The summed E-state index contributed by atoms with van der Waals surface area (Å²) in [5, 5.41) is 2.61. The molecule has 0 aromatic carbocycles. The number of aryl methyl sites for hydroxylation is 2. The number of hydrogen-bond acceptors (Lipinski definition) is 2. The van der Waals surface area contributed by atoms with Crippen LogP contribution in [0.1, 0.15) is 27.4 Å². The second-order valence-corrected chi connectivity index (χ2v) is 4.22. The maximum absolute atomic E-state index is 11.7. The van der Waals surface area contributed by atoms with E-state index in [1.54, 1.807) is 13.4 Å². The van der Waals surface area contributed by atoms with Crippen molar-refractivity contribution in [1.82, 2.24) is 14.7 Å². The third-order valence-corrected chi connectivity index (χ3v) is 3.45. The summed E-state index contributed by atoms with van der Waals surface area (Å²) in [5.41, 5.74) is 4.74. The number of carbonyl (C=O) groups is 1. The number of nitrogens with one attached hydrogen (secondary N) is 1. The van der Waals surface area contributed by atoms with Gasteiger partial charge in [-0.05, 0) is 20.8 Å². The molecule has 2 aromatic heterocycles. The van der Waals surface area contributed by atoms with Crippen molar-refractivity contribution < 1.29 is 9.36 Å². The maximum atomic E-state index is 11.7. The van der Waals surface area contributed by atoms with Crippen LogP contribution in [-0.4, -0.2) is 22.3 Å². The first-order chi connectivity index (χ1) is 7.99. The van der Waals surface area contributed by atoms with Crippen LogP contribution in [0.4, 0.5) is 0 Å². The van der Waals surface area contributed by atoms with Gasteiger partial charge in [-0.15, -0.1) is 0 Å². The van der Waals surface area contributed by atoms with E-state index in [0.29, 0.717) is 5.69 Å². The molecule has 0 unspecified atom stereocenters. The fraction of sp³-hybridized carbons (Fsp3) is 0.417. The van der Waals surface area contributed by atoms with Crippen LogP contribution in [0.25, 0.3) is 5.65 Å². The molecule has 5 nitrogen and oxygen atoms in total. The second-order valence-electron chi connectivity index (χ2n) is 4.22. The molecule has 0 fully saturated rings. The Labute approximate surface area is 100 Å². The summed E-state index contributed by atoms with van der Waals surface area (Å²) in [5.74, 6) is -0.161. The van der Waals surface area contributed by atoms with Gasteiger partial charge in [-0.1, -0.05) is 0 Å². The van der Waals surface area contributed by atoms with Gasteiger partial charge in [0.2, 0.25) is 5.69 Å². The summed E-state index contributed by atoms with van der Waals surface area (Å²) in [4.78, 5) is 15.9. The van der Waals surface area contributed by atoms with Crippen molar-refractivity contribution >= 4 is 11.6 Å². The first-order valence-corrected chi connectivity index (χ1v) is 5.54. The van der Waals surface area contributed by atoms with Crippen molar-refractivity contribution in [2.24, 2.45) is 7.05 Å². The lowest BCUT2D eigenvalue weighted by molar-refractivity contribution is -0.655. The van der Waals surface area contributed by atoms with Crippen LogP contribution in [0.3, 0.4) is 0 Å². The molecule has 0 aliphatic rings. The minimum absolute atomic E-state index is 0.161. The van der Waals surface area contributed by atoms with E-state index in [2.05, 4.69) is 17.2 Å². The third-order valence-electron chi connectivity index (χ3n) is 3.45. The van der Waals surface area contributed by atoms with E-state index in [-0.39, 0.29) is 5.91 Å². The Balaban J connectivity index is 2.90. The topological polar surface area (TPSA) is 50.3 Å². The molecule has 0 spiro atoms. The lowest BCUT2D eigenvalue weighted by Crippen LogP contribution is -2.38. The van der Waals surface area contributed by atoms with Gasteiger partial charge in [0.15, 0.2) is 6.33 Å². The van der Waals surface area contributed by atoms with E-state index in [9.17, 15) is 4.79 Å². The standard InChI is InChI=1S/C12H16N4O/c1-7-8(2)15(5)12-10(11(17)13-4)14-6-16(12)9(7)3/h6H,1-5H3/p+1. The molecular weight excluding hydrogens is 216 g/mol. The zero-order chi connectivity index (χ0) is 12.7. The first kappa shape index (κ1) is 11.6. The highest BCUT2D eigenvalue weighted by Crippen LogP contribution is 2.14. The normalized spacial score (nSPS) is 10.9. The molecule has 90 valence electrons. The number of hydrogen-bond donors (Lipinski definition) is 1. The van der Waals surface area contributed by atoms with Gasteiger partial charge in [0, 0.05) is 12.6 Å². The molecule has 0 aliphatic heterocycles. The lowest BCUT2D eigenvalue weighted by atomic mass is 10.2. The molecule has 1 amide bonds. The van der Waals surface area contributed by atoms with E-state index in [1.165, 1.54) is 5.56 Å². The first-order valence-electron chi connectivity index (χ1n) is 5.54. The molecule has 0 saturated carbocycles. The van der Waals surface area contributed by atoms with Gasteiger partial charge in [-0.25, -0.2) is 9.55 Å². The highest BCUT2D eigenvalue weighted by Gasteiger charge is 2.24. The van der Waals surface area contributed by atoms with Crippen LogP contribution in [0.15, 0.2) is 6.33 Å². The Morgan fingerprint density at radius 3 is 2.65 bits per heavy atom. The van der Waals surface area contributed by atoms with E-state index < -0.39 is 0 Å². The molecule has 2 aromatic rings. The van der Waals surface area contributed by atoms with Gasteiger partial charge in [-0.3, -0.25) is 4.79 Å². The Kier molecular flexibility index (Phi) is 2.61. The number of rotatable bonds is 1. The molecule has 1 N–H and O–H groups in total. The van der Waals surface area contributed by atoms with Crippen LogP contribution < -0.4 is 9.88 Å². The van der Waals surface area contributed by atoms with Gasteiger partial charge in [0.1, 0.15) is 11.4 Å². The molecule has 17 heavy (non-hydrogen) atoms. The predicted octanol–water partition coefficient (Wildman–Crippen LogP) is 0.444. The molecule has 0 aliphatic carbocycles. The van der Waals surface area contributed by atoms with Crippen molar-refractivity contribution in [2.75, 3.05) is 7.05 Å². The number of aromatic nitrogens is 3. The summed E-state index contributed by atoms with van der Waals surface area (Å²) in [7, 11) is 3.56. The Morgan fingerprint density at radius 1 is 1.41 bits per heavy atom. The van der Waals surface area contributed by atoms with Crippen LogP contribution in [-0.2, 0) is 7.05 Å². The average molecular weight is 233 g/mol. The Morgan fingerprint density at radius 2 is 2.06 bits per heavy atom. The highest BCUT2D eigenvalue weighted by molar-refractivity contribution is 5.97. The van der Waals surface area contributed by atoms with Crippen molar-refractivity contribution in [1.29, 1.82) is 0 Å². The summed E-state index contributed by atoms with van der Waals surface area (Å²) in [6.45, 7) is 6.15. The van der Waals surface area contributed by atoms with Crippen LogP contribution >= 0.6 is 0 Å². The van der Waals surface area contributed by atoms with E-state index >= 15 is 0 Å². The molecule has 0 atom stereocenters. The minimum Gasteiger partial charge on any atom is -0.353 e. The monoisotopic (exact) mass is 233 g/mol. The molecular formula is C12H17N4O+. The van der Waals surface area contributed by atoms with Crippen molar-refractivity contribution in [3.8, 4) is 0 Å². The number of imidazole rings is 1. The van der Waals surface area contributed by atoms with Gasteiger partial charge in [0.25, 0.3) is 5.91 Å². The van der Waals surface area contributed by atoms with Gasteiger partial charge in [0.05, 0.1) is 7.05 Å². The number of fused-ring (bicyclic) bond motifs is 1. The van der Waals surface area contributed by atoms with Crippen molar-refractivity contribution in [2.45, 2.75) is 20.8 Å². The number of carbonyl (C=O) groups excluding carboxylic acids is 1. The van der Waals surface area contributed by atoms with Crippen LogP contribution in [0.2, 0.25) is 0 Å². The smallest absolute Gasteiger partial charge is 0.319 e. The fourth-order valence-corrected chi connectivity index (χ4v) is 2.04. The van der Waals surface area contributed by atoms with Crippen molar-refractivity contribution in [3.05, 3.63) is 29.0 Å². The second kappa shape index (κ2) is 3.84. The molecule has 2 heterocycles. The predicted molar refractivity (Wildman–Crippen MR) is 64.0 cm³/mol. The Bertz CT molecular complexity index is 613. The van der Waals surface area contributed by atoms with Crippen molar-refractivity contribution in [3.63, 3.8) is 0 Å². The molecule has 0 radical (unpaired) electrons. The maximum Gasteiger partial charge on any atom is 0.319 e.